The quantitative estimate of drug-likeness (QED) is 0.915. The minimum Gasteiger partial charge on any atom is -0.495 e. The van der Waals surface area contributed by atoms with Crippen molar-refractivity contribution in [3.05, 3.63) is 52.3 Å². The molecule has 2 rings (SSSR count). The van der Waals surface area contributed by atoms with Crippen molar-refractivity contribution in [2.45, 2.75) is 18.7 Å². The maximum atomic E-state index is 13.1. The summed E-state index contributed by atoms with van der Waals surface area (Å²) in [6, 6.07) is 6.61. The highest BCUT2D eigenvalue weighted by molar-refractivity contribution is 7.92. The van der Waals surface area contributed by atoms with Crippen molar-refractivity contribution in [2.24, 2.45) is 0 Å². The second-order valence-corrected chi connectivity index (χ2v) is 6.88. The number of halogens is 2. The van der Waals surface area contributed by atoms with Crippen LogP contribution in [-0.2, 0) is 10.0 Å². The van der Waals surface area contributed by atoms with Gasteiger partial charge in [0, 0.05) is 11.1 Å². The van der Waals surface area contributed by atoms with Gasteiger partial charge in [0.1, 0.15) is 11.6 Å². The number of rotatable bonds is 4. The van der Waals surface area contributed by atoms with E-state index in [4.69, 9.17) is 16.3 Å². The summed E-state index contributed by atoms with van der Waals surface area (Å²) in [4.78, 5) is 0.00329. The van der Waals surface area contributed by atoms with Gasteiger partial charge in [-0.25, -0.2) is 12.8 Å². The number of hydrogen-bond acceptors (Lipinski definition) is 3. The van der Waals surface area contributed by atoms with E-state index in [0.29, 0.717) is 21.9 Å². The molecule has 0 saturated heterocycles. The Bertz CT molecular complexity index is 822. The Morgan fingerprint density at radius 2 is 1.82 bits per heavy atom. The first-order valence-electron chi connectivity index (χ1n) is 6.37. The molecule has 1 N–H and O–H groups in total. The largest absolute Gasteiger partial charge is 0.495 e. The Morgan fingerprint density at radius 3 is 2.41 bits per heavy atom. The van der Waals surface area contributed by atoms with Crippen molar-refractivity contribution >= 4 is 27.3 Å². The standard InChI is InChI=1S/C15H15ClFNO3S/c1-9-7-13(14(21-3)8-12(9)16)18-22(19,20)15-5-4-11(17)6-10(15)2/h4-8,18H,1-3H3. The predicted molar refractivity (Wildman–Crippen MR) is 84.7 cm³/mol. The lowest BCUT2D eigenvalue weighted by molar-refractivity contribution is 0.417. The van der Waals surface area contributed by atoms with Gasteiger partial charge in [0.25, 0.3) is 10.0 Å². The third kappa shape index (κ3) is 3.34. The molecule has 0 heterocycles. The molecular formula is C15H15ClFNO3S. The first-order valence-corrected chi connectivity index (χ1v) is 8.24. The Hall–Kier alpha value is -1.79. The number of nitrogens with one attached hydrogen (secondary N) is 1. The fourth-order valence-corrected chi connectivity index (χ4v) is 3.47. The highest BCUT2D eigenvalue weighted by Crippen LogP contribution is 2.32. The van der Waals surface area contributed by atoms with Crippen LogP contribution in [0.5, 0.6) is 5.75 Å². The lowest BCUT2D eigenvalue weighted by Gasteiger charge is -2.14. The molecule has 0 aliphatic heterocycles. The van der Waals surface area contributed by atoms with Crippen molar-refractivity contribution in [1.29, 1.82) is 0 Å². The zero-order valence-electron chi connectivity index (χ0n) is 12.3. The molecule has 0 bridgehead atoms. The van der Waals surface area contributed by atoms with Crippen LogP contribution in [0.25, 0.3) is 0 Å². The van der Waals surface area contributed by atoms with Crippen LogP contribution in [0.4, 0.5) is 10.1 Å². The number of sulfonamides is 1. The summed E-state index contributed by atoms with van der Waals surface area (Å²) >= 11 is 6.00. The smallest absolute Gasteiger partial charge is 0.262 e. The van der Waals surface area contributed by atoms with Gasteiger partial charge in [0.15, 0.2) is 0 Å². The van der Waals surface area contributed by atoms with Crippen LogP contribution in [0.1, 0.15) is 11.1 Å². The lowest BCUT2D eigenvalue weighted by atomic mass is 10.2. The van der Waals surface area contributed by atoms with Crippen molar-refractivity contribution in [2.75, 3.05) is 11.8 Å². The van der Waals surface area contributed by atoms with E-state index in [9.17, 15) is 12.8 Å². The van der Waals surface area contributed by atoms with Crippen molar-refractivity contribution in [3.63, 3.8) is 0 Å². The first-order chi connectivity index (χ1) is 10.2. The minimum absolute atomic E-state index is 0.00329. The highest BCUT2D eigenvalue weighted by atomic mass is 35.5. The first kappa shape index (κ1) is 16.6. The van der Waals surface area contributed by atoms with E-state index < -0.39 is 15.8 Å². The molecule has 0 aliphatic rings. The third-order valence-electron chi connectivity index (χ3n) is 3.15. The van der Waals surface area contributed by atoms with Gasteiger partial charge >= 0.3 is 0 Å². The minimum atomic E-state index is -3.86. The van der Waals surface area contributed by atoms with Crippen LogP contribution in [-0.4, -0.2) is 15.5 Å². The van der Waals surface area contributed by atoms with E-state index in [2.05, 4.69) is 4.72 Å². The summed E-state index contributed by atoms with van der Waals surface area (Å²) in [6.45, 7) is 3.28. The number of aryl methyl sites for hydroxylation is 2. The fraction of sp³-hybridized carbons (Fsp3) is 0.200. The molecule has 7 heteroatoms. The summed E-state index contributed by atoms with van der Waals surface area (Å²) in [5, 5.41) is 0.470. The van der Waals surface area contributed by atoms with Crippen LogP contribution < -0.4 is 9.46 Å². The molecule has 0 spiro atoms. The molecule has 2 aromatic carbocycles. The second kappa shape index (κ2) is 6.14. The summed E-state index contributed by atoms with van der Waals surface area (Å²) in [6.07, 6.45) is 0. The molecule has 0 amide bonds. The van der Waals surface area contributed by atoms with E-state index in [1.165, 1.54) is 32.2 Å². The van der Waals surface area contributed by atoms with Crippen LogP contribution in [0.15, 0.2) is 35.2 Å². The lowest BCUT2D eigenvalue weighted by Crippen LogP contribution is -2.15. The van der Waals surface area contributed by atoms with Crippen LogP contribution in [0.3, 0.4) is 0 Å². The normalized spacial score (nSPS) is 11.3. The van der Waals surface area contributed by atoms with Crippen LogP contribution in [0, 0.1) is 19.7 Å². The van der Waals surface area contributed by atoms with Crippen molar-refractivity contribution < 1.29 is 17.5 Å². The van der Waals surface area contributed by atoms with Gasteiger partial charge in [-0.05, 0) is 49.2 Å². The maximum absolute atomic E-state index is 13.1. The number of ether oxygens (including phenoxy) is 1. The number of anilines is 1. The monoisotopic (exact) mass is 343 g/mol. The van der Waals surface area contributed by atoms with Crippen molar-refractivity contribution in [3.8, 4) is 5.75 Å². The van der Waals surface area contributed by atoms with Crippen LogP contribution >= 0.6 is 11.6 Å². The summed E-state index contributed by atoms with van der Waals surface area (Å²) < 4.78 is 45.7. The molecule has 118 valence electrons. The van der Waals surface area contributed by atoms with Gasteiger partial charge in [-0.3, -0.25) is 4.72 Å². The van der Waals surface area contributed by atoms with Gasteiger partial charge in [-0.15, -0.1) is 0 Å². The van der Waals surface area contributed by atoms with E-state index in [1.54, 1.807) is 13.0 Å². The molecule has 0 unspecified atom stereocenters. The topological polar surface area (TPSA) is 55.4 Å². The van der Waals surface area contributed by atoms with E-state index in [0.717, 1.165) is 6.07 Å². The maximum Gasteiger partial charge on any atom is 0.262 e. The Balaban J connectivity index is 2.47. The zero-order chi connectivity index (χ0) is 16.5. The van der Waals surface area contributed by atoms with Gasteiger partial charge < -0.3 is 4.74 Å². The summed E-state index contributed by atoms with van der Waals surface area (Å²) in [7, 11) is -2.44. The Morgan fingerprint density at radius 1 is 1.14 bits per heavy atom. The van der Waals surface area contributed by atoms with Gasteiger partial charge in [-0.2, -0.15) is 0 Å². The van der Waals surface area contributed by atoms with E-state index in [1.807, 2.05) is 0 Å². The zero-order valence-corrected chi connectivity index (χ0v) is 13.8. The molecule has 0 radical (unpaired) electrons. The molecule has 22 heavy (non-hydrogen) atoms. The second-order valence-electron chi connectivity index (χ2n) is 4.82. The molecule has 0 saturated carbocycles. The average molecular weight is 344 g/mol. The molecular weight excluding hydrogens is 329 g/mol. The summed E-state index contributed by atoms with van der Waals surface area (Å²) in [5.74, 6) is -0.185. The number of benzene rings is 2. The molecule has 0 fully saturated rings. The van der Waals surface area contributed by atoms with Gasteiger partial charge in [-0.1, -0.05) is 11.6 Å². The summed E-state index contributed by atoms with van der Waals surface area (Å²) in [5.41, 5.74) is 1.29. The number of hydrogen-bond donors (Lipinski definition) is 1. The SMILES string of the molecule is COc1cc(Cl)c(C)cc1NS(=O)(=O)c1ccc(F)cc1C. The van der Waals surface area contributed by atoms with Crippen molar-refractivity contribution in [1.82, 2.24) is 0 Å². The Kier molecular flexibility index (Phi) is 4.63. The molecule has 4 nitrogen and oxygen atoms in total. The third-order valence-corrected chi connectivity index (χ3v) is 5.08. The van der Waals surface area contributed by atoms with E-state index in [-0.39, 0.29) is 10.6 Å². The van der Waals surface area contributed by atoms with Crippen LogP contribution in [0.2, 0.25) is 5.02 Å². The van der Waals surface area contributed by atoms with Gasteiger partial charge in [0.2, 0.25) is 0 Å². The molecule has 0 aromatic heterocycles. The Labute approximate surface area is 133 Å². The average Bonchev–Trinajstić information content (AvgIpc) is 2.41. The number of methoxy groups -OCH3 is 1. The molecule has 2 aromatic rings. The van der Waals surface area contributed by atoms with Gasteiger partial charge in [0.05, 0.1) is 17.7 Å². The fourth-order valence-electron chi connectivity index (χ4n) is 2.03. The molecule has 0 aliphatic carbocycles. The predicted octanol–water partition coefficient (Wildman–Crippen LogP) is 3.91. The molecule has 0 atom stereocenters. The highest BCUT2D eigenvalue weighted by Gasteiger charge is 2.20. The van der Waals surface area contributed by atoms with E-state index >= 15 is 0 Å².